The molecule has 0 radical (unpaired) electrons. The van der Waals surface area contributed by atoms with Crippen LogP contribution >= 0.6 is 0 Å². The van der Waals surface area contributed by atoms with Crippen molar-refractivity contribution in [3.05, 3.63) is 35.9 Å². The first-order valence-electron chi connectivity index (χ1n) is 8.34. The number of carbonyl (C=O) groups is 1. The number of hydrogen-bond donors (Lipinski definition) is 1. The molecule has 23 heavy (non-hydrogen) atoms. The molecule has 1 N–H and O–H groups in total. The molecule has 0 bridgehead atoms. The normalized spacial score (nSPS) is 27.4. The van der Waals surface area contributed by atoms with E-state index in [0.717, 1.165) is 32.4 Å². The molecule has 0 spiro atoms. The van der Waals surface area contributed by atoms with Crippen molar-refractivity contribution >= 4 is 15.9 Å². The van der Waals surface area contributed by atoms with Gasteiger partial charge in [0.15, 0.2) is 9.84 Å². The van der Waals surface area contributed by atoms with Gasteiger partial charge in [-0.15, -0.1) is 0 Å². The molecular weight excluding hydrogens is 312 g/mol. The van der Waals surface area contributed by atoms with Crippen LogP contribution in [-0.4, -0.2) is 50.0 Å². The summed E-state index contributed by atoms with van der Waals surface area (Å²) < 4.78 is 23.0. The number of urea groups is 1. The van der Waals surface area contributed by atoms with Gasteiger partial charge in [0, 0.05) is 19.1 Å². The van der Waals surface area contributed by atoms with Gasteiger partial charge in [0.1, 0.15) is 0 Å². The van der Waals surface area contributed by atoms with E-state index >= 15 is 0 Å². The van der Waals surface area contributed by atoms with Crippen LogP contribution in [0.15, 0.2) is 30.3 Å². The Labute approximate surface area is 138 Å². The number of rotatable bonds is 2. The van der Waals surface area contributed by atoms with E-state index in [1.807, 2.05) is 11.0 Å². The average molecular weight is 336 g/mol. The van der Waals surface area contributed by atoms with Crippen molar-refractivity contribution in [2.45, 2.75) is 37.6 Å². The van der Waals surface area contributed by atoms with E-state index in [9.17, 15) is 13.2 Å². The minimum Gasteiger partial charge on any atom is -0.334 e. The fourth-order valence-electron chi connectivity index (χ4n) is 3.53. The summed E-state index contributed by atoms with van der Waals surface area (Å²) in [7, 11) is -2.96. The largest absolute Gasteiger partial charge is 0.334 e. The van der Waals surface area contributed by atoms with Gasteiger partial charge in [-0.25, -0.2) is 13.2 Å². The fourth-order valence-corrected chi connectivity index (χ4v) is 5.21. The Morgan fingerprint density at radius 3 is 2.57 bits per heavy atom. The van der Waals surface area contributed by atoms with E-state index in [1.165, 1.54) is 5.56 Å². The number of carbonyl (C=O) groups excluding carboxylic acids is 1. The van der Waals surface area contributed by atoms with Crippen molar-refractivity contribution in [2.75, 3.05) is 24.6 Å². The van der Waals surface area contributed by atoms with Gasteiger partial charge in [-0.3, -0.25) is 0 Å². The highest BCUT2D eigenvalue weighted by Gasteiger charge is 2.30. The molecule has 2 amide bonds. The Morgan fingerprint density at radius 1 is 1.09 bits per heavy atom. The zero-order chi connectivity index (χ0) is 16.3. The van der Waals surface area contributed by atoms with Gasteiger partial charge in [-0.2, -0.15) is 0 Å². The number of likely N-dealkylation sites (tertiary alicyclic amines) is 1. The van der Waals surface area contributed by atoms with Gasteiger partial charge in [0.25, 0.3) is 0 Å². The Kier molecular flexibility index (Phi) is 4.90. The van der Waals surface area contributed by atoms with Gasteiger partial charge in [-0.05, 0) is 37.2 Å². The van der Waals surface area contributed by atoms with E-state index in [4.69, 9.17) is 0 Å². The Balaban J connectivity index is 1.54. The molecular formula is C17H24N2O3S. The van der Waals surface area contributed by atoms with Crippen molar-refractivity contribution in [1.29, 1.82) is 0 Å². The summed E-state index contributed by atoms with van der Waals surface area (Å²) in [6, 6.07) is 10.1. The predicted molar refractivity (Wildman–Crippen MR) is 90.2 cm³/mol. The van der Waals surface area contributed by atoms with Crippen LogP contribution < -0.4 is 5.32 Å². The predicted octanol–water partition coefficient (Wildman–Crippen LogP) is 2.15. The zero-order valence-corrected chi connectivity index (χ0v) is 14.1. The summed E-state index contributed by atoms with van der Waals surface area (Å²) in [5.74, 6) is 0.772. The number of nitrogens with one attached hydrogen (secondary N) is 1. The van der Waals surface area contributed by atoms with Crippen LogP contribution in [0.25, 0.3) is 0 Å². The highest BCUT2D eigenvalue weighted by Crippen LogP contribution is 2.27. The third-order valence-corrected chi connectivity index (χ3v) is 6.61. The highest BCUT2D eigenvalue weighted by molar-refractivity contribution is 7.91. The van der Waals surface area contributed by atoms with Crippen molar-refractivity contribution in [1.82, 2.24) is 10.2 Å². The first-order valence-corrected chi connectivity index (χ1v) is 10.2. The lowest BCUT2D eigenvalue weighted by atomic mass is 9.92. The molecule has 3 rings (SSSR count). The first-order chi connectivity index (χ1) is 11.0. The summed E-state index contributed by atoms with van der Waals surface area (Å²) in [5.41, 5.74) is 1.34. The molecule has 2 heterocycles. The minimum atomic E-state index is -2.96. The molecule has 6 heteroatoms. The molecule has 5 nitrogen and oxygen atoms in total. The van der Waals surface area contributed by atoms with Gasteiger partial charge >= 0.3 is 6.03 Å². The summed E-state index contributed by atoms with van der Waals surface area (Å²) >= 11 is 0. The van der Waals surface area contributed by atoms with E-state index in [-0.39, 0.29) is 23.6 Å². The van der Waals surface area contributed by atoms with Gasteiger partial charge in [0.2, 0.25) is 0 Å². The second kappa shape index (κ2) is 6.91. The number of amides is 2. The van der Waals surface area contributed by atoms with E-state index in [1.54, 1.807) is 0 Å². The lowest BCUT2D eigenvalue weighted by Crippen LogP contribution is -2.45. The Bertz CT molecular complexity index is 645. The molecule has 2 fully saturated rings. The number of nitrogens with zero attached hydrogens (tertiary/aromatic N) is 1. The van der Waals surface area contributed by atoms with Crippen LogP contribution in [0, 0.1) is 0 Å². The Morgan fingerprint density at radius 2 is 1.87 bits per heavy atom. The lowest BCUT2D eigenvalue weighted by Gasteiger charge is -2.23. The number of benzene rings is 1. The quantitative estimate of drug-likeness (QED) is 0.900. The Hall–Kier alpha value is -1.56. The van der Waals surface area contributed by atoms with Crippen molar-refractivity contribution in [2.24, 2.45) is 0 Å². The van der Waals surface area contributed by atoms with E-state index in [0.29, 0.717) is 12.3 Å². The van der Waals surface area contributed by atoms with Crippen molar-refractivity contribution in [3.63, 3.8) is 0 Å². The average Bonchev–Trinajstić information content (AvgIpc) is 2.76. The monoisotopic (exact) mass is 336 g/mol. The molecule has 2 aliphatic heterocycles. The molecule has 1 aromatic carbocycles. The van der Waals surface area contributed by atoms with Crippen LogP contribution in [0.3, 0.4) is 0 Å². The maximum atomic E-state index is 12.4. The third kappa shape index (κ3) is 4.25. The summed E-state index contributed by atoms with van der Waals surface area (Å²) in [6.45, 7) is 1.47. The number of sulfone groups is 1. The van der Waals surface area contributed by atoms with Crippen LogP contribution in [-0.2, 0) is 9.84 Å². The zero-order valence-electron chi connectivity index (χ0n) is 13.3. The molecule has 0 saturated carbocycles. The third-order valence-electron chi connectivity index (χ3n) is 4.85. The molecule has 0 aliphatic carbocycles. The van der Waals surface area contributed by atoms with Gasteiger partial charge in [-0.1, -0.05) is 30.3 Å². The van der Waals surface area contributed by atoms with Crippen LogP contribution in [0.4, 0.5) is 4.79 Å². The van der Waals surface area contributed by atoms with Crippen LogP contribution in [0.1, 0.15) is 37.2 Å². The molecule has 2 saturated heterocycles. The van der Waals surface area contributed by atoms with Crippen LogP contribution in [0.2, 0.25) is 0 Å². The second-order valence-electron chi connectivity index (χ2n) is 6.58. The summed E-state index contributed by atoms with van der Waals surface area (Å²) in [6.07, 6.45) is 3.57. The van der Waals surface area contributed by atoms with Crippen molar-refractivity contribution < 1.29 is 13.2 Å². The molecule has 1 aromatic rings. The second-order valence-corrected chi connectivity index (χ2v) is 8.80. The smallest absolute Gasteiger partial charge is 0.317 e. The van der Waals surface area contributed by atoms with Gasteiger partial charge < -0.3 is 10.2 Å². The van der Waals surface area contributed by atoms with E-state index < -0.39 is 9.84 Å². The maximum absolute atomic E-state index is 12.4. The number of hydrogen-bond acceptors (Lipinski definition) is 3. The maximum Gasteiger partial charge on any atom is 0.317 e. The fraction of sp³-hybridized carbons (Fsp3) is 0.588. The van der Waals surface area contributed by atoms with E-state index in [2.05, 4.69) is 29.6 Å². The SMILES string of the molecule is O=C(NC1CCS(=O)(=O)C1)N1CCCC(c2ccccc2)CC1. The van der Waals surface area contributed by atoms with Gasteiger partial charge in [0.05, 0.1) is 11.5 Å². The lowest BCUT2D eigenvalue weighted by molar-refractivity contribution is 0.196. The highest BCUT2D eigenvalue weighted by atomic mass is 32.2. The molecule has 126 valence electrons. The summed E-state index contributed by atoms with van der Waals surface area (Å²) in [4.78, 5) is 14.2. The van der Waals surface area contributed by atoms with Crippen molar-refractivity contribution in [3.8, 4) is 0 Å². The molecule has 2 unspecified atom stereocenters. The topological polar surface area (TPSA) is 66.5 Å². The molecule has 2 atom stereocenters. The standard InChI is InChI=1S/C17H24N2O3S/c20-17(18-16-9-12-23(21,22)13-16)19-10-4-7-15(8-11-19)14-5-2-1-3-6-14/h1-3,5-6,15-16H,4,7-13H2,(H,18,20). The minimum absolute atomic E-state index is 0.0826. The molecule has 2 aliphatic rings. The van der Waals surface area contributed by atoms with Crippen LogP contribution in [0.5, 0.6) is 0 Å². The summed E-state index contributed by atoms with van der Waals surface area (Å²) in [5, 5.41) is 2.89. The first kappa shape index (κ1) is 16.3. The molecule has 0 aromatic heterocycles.